The molecule has 0 bridgehead atoms. The Balaban J connectivity index is 0.959. The molecule has 10 rings (SSSR count). The van der Waals surface area contributed by atoms with Crippen LogP contribution < -0.4 is 14.8 Å². The molecule has 0 aliphatic heterocycles. The number of nitrogens with zero attached hydrogens (tertiary/aromatic N) is 3. The number of hydrogen-bond donors (Lipinski definition) is 1. The van der Waals surface area contributed by atoms with E-state index in [1.807, 2.05) is 144 Å². The maximum absolute atomic E-state index is 12.0. The molecule has 0 amide bonds. The summed E-state index contributed by atoms with van der Waals surface area (Å²) in [6.07, 6.45) is 1.64. The number of para-hydroxylation sites is 3. The summed E-state index contributed by atoms with van der Waals surface area (Å²) in [6, 6.07) is 59.1. The van der Waals surface area contributed by atoms with Crippen LogP contribution in [-0.4, -0.2) is 14.5 Å². The first-order valence-corrected chi connectivity index (χ1v) is 22.6. The summed E-state index contributed by atoms with van der Waals surface area (Å²) in [4.78, 5) is 16.6. The Hall–Kier alpha value is -8.01. The molecule has 0 spiro atoms. The molecule has 0 unspecified atom stereocenters. The predicted molar refractivity (Wildman–Crippen MR) is 275 cm³/mol. The van der Waals surface area contributed by atoms with Gasteiger partial charge < -0.3 is 14.8 Å². The lowest BCUT2D eigenvalue weighted by Crippen LogP contribution is -2.10. The highest BCUT2D eigenvalue weighted by Gasteiger charge is 2.21. The zero-order valence-electron chi connectivity index (χ0n) is 39.8. The Morgan fingerprint density at radius 1 is 0.612 bits per heavy atom. The second-order valence-electron chi connectivity index (χ2n) is 17.3. The molecule has 2 heterocycles. The van der Waals surface area contributed by atoms with Crippen LogP contribution in [0.4, 0.5) is 17.1 Å². The van der Waals surface area contributed by atoms with Gasteiger partial charge in [-0.25, -0.2) is 4.98 Å². The molecule has 328 valence electrons. The lowest BCUT2D eigenvalue weighted by molar-refractivity contribution is -0.383. The number of nitro groups is 1. The monoisotopic (exact) mass is 943 g/mol. The van der Waals surface area contributed by atoms with Crippen LogP contribution in [0.25, 0.3) is 61.0 Å². The van der Waals surface area contributed by atoms with Crippen LogP contribution in [-0.2, 0) is 5.41 Å². The minimum absolute atomic E-state index is 0.0265. The van der Waals surface area contributed by atoms with Crippen molar-refractivity contribution in [3.05, 3.63) is 220 Å². The molecule has 0 saturated carbocycles. The van der Waals surface area contributed by atoms with Crippen LogP contribution in [0.5, 0.6) is 23.0 Å². The first-order valence-electron chi connectivity index (χ1n) is 23.3. The lowest BCUT2D eigenvalue weighted by Gasteiger charge is -2.19. The van der Waals surface area contributed by atoms with Gasteiger partial charge in [0.1, 0.15) is 34.5 Å². The normalized spacial score (nSPS) is 12.3. The van der Waals surface area contributed by atoms with Crippen LogP contribution in [0.2, 0.25) is 0 Å². The van der Waals surface area contributed by atoms with Crippen LogP contribution in [0.3, 0.4) is 0 Å². The summed E-state index contributed by atoms with van der Waals surface area (Å²) in [5.74, 6) is 2.92. The Morgan fingerprint density at radius 2 is 1.24 bits per heavy atom. The van der Waals surface area contributed by atoms with Crippen molar-refractivity contribution < 1.29 is 18.5 Å². The van der Waals surface area contributed by atoms with E-state index in [-0.39, 0.29) is 16.7 Å². The minimum Gasteiger partial charge on any atom is -0.457 e. The van der Waals surface area contributed by atoms with Crippen molar-refractivity contribution in [2.24, 2.45) is 0 Å². The van der Waals surface area contributed by atoms with Gasteiger partial charge in [-0.1, -0.05) is 134 Å². The summed E-state index contributed by atoms with van der Waals surface area (Å²) >= 11 is 3.54. The number of rotatable bonds is 11. The fourth-order valence-electron chi connectivity index (χ4n) is 8.44. The zero-order chi connectivity index (χ0) is 48.7. The van der Waals surface area contributed by atoms with Gasteiger partial charge in [-0.3, -0.25) is 14.7 Å². The van der Waals surface area contributed by atoms with Crippen LogP contribution in [0.1, 0.15) is 36.0 Å². The first kappa shape index (κ1) is 39.4. The Kier molecular flexibility index (Phi) is 10.4. The SMILES string of the molecule is [2H]C([2H])([2H])c1cc(-n2c3ccc(C(C)(C)C)cc3c3ccc(Oc4cccc(Br)c4)cc32)ncc1-c1ccc(Oc2ccc(-c3cccc(-c4ccccc4)c3Nc3ccccc3[N+](=O)[O-])cc2)cc1. The molecule has 9 heteroatoms. The maximum atomic E-state index is 12.0. The molecule has 0 aliphatic rings. The number of nitrogens with one attached hydrogen (secondary N) is 1. The molecule has 67 heavy (non-hydrogen) atoms. The number of anilines is 2. The fourth-order valence-corrected chi connectivity index (χ4v) is 8.82. The third-order valence-electron chi connectivity index (χ3n) is 11.8. The number of hydrogen-bond acceptors (Lipinski definition) is 6. The number of halogens is 1. The molecule has 0 radical (unpaired) electrons. The number of nitro benzene ring substituents is 1. The second kappa shape index (κ2) is 17.8. The number of ether oxygens (including phenoxy) is 2. The predicted octanol–water partition coefficient (Wildman–Crippen LogP) is 16.8. The largest absolute Gasteiger partial charge is 0.457 e. The molecule has 10 aromatic rings. The van der Waals surface area contributed by atoms with Crippen molar-refractivity contribution >= 4 is 54.8 Å². The van der Waals surface area contributed by atoms with Gasteiger partial charge in [0.05, 0.1) is 21.6 Å². The Bertz CT molecular complexity index is 3590. The van der Waals surface area contributed by atoms with Gasteiger partial charge in [0.25, 0.3) is 5.69 Å². The average molecular weight is 945 g/mol. The molecule has 0 fully saturated rings. The van der Waals surface area contributed by atoms with Crippen LogP contribution in [0.15, 0.2) is 199 Å². The third kappa shape index (κ3) is 8.77. The fraction of sp³-hybridized carbons (Fsp3) is 0.0862. The summed E-state index contributed by atoms with van der Waals surface area (Å²) in [5.41, 5.74) is 8.79. The Labute approximate surface area is 401 Å². The summed E-state index contributed by atoms with van der Waals surface area (Å²) < 4.78 is 41.7. The Morgan fingerprint density at radius 3 is 1.93 bits per heavy atom. The molecule has 8 aromatic carbocycles. The smallest absolute Gasteiger partial charge is 0.292 e. The molecule has 0 saturated heterocycles. The van der Waals surface area contributed by atoms with E-state index in [0.29, 0.717) is 45.6 Å². The molecular weight excluding hydrogens is 897 g/mol. The molecule has 8 nitrogen and oxygen atoms in total. The second-order valence-corrected chi connectivity index (χ2v) is 18.2. The van der Waals surface area contributed by atoms with Gasteiger partial charge in [-0.15, -0.1) is 0 Å². The van der Waals surface area contributed by atoms with Crippen molar-refractivity contribution in [2.75, 3.05) is 5.32 Å². The van der Waals surface area contributed by atoms with Crippen molar-refractivity contribution in [3.63, 3.8) is 0 Å². The lowest BCUT2D eigenvalue weighted by atomic mass is 9.86. The van der Waals surface area contributed by atoms with Crippen molar-refractivity contribution in [1.82, 2.24) is 9.55 Å². The van der Waals surface area contributed by atoms with Gasteiger partial charge in [0.2, 0.25) is 0 Å². The highest BCUT2D eigenvalue weighted by atomic mass is 79.9. The van der Waals surface area contributed by atoms with Gasteiger partial charge in [-0.2, -0.15) is 0 Å². The molecular formula is C58H45BrN4O4. The van der Waals surface area contributed by atoms with Crippen molar-refractivity contribution in [1.29, 1.82) is 0 Å². The molecule has 0 aliphatic carbocycles. The van der Waals surface area contributed by atoms with Gasteiger partial charge >= 0.3 is 0 Å². The number of aromatic nitrogens is 2. The minimum atomic E-state index is -2.47. The van der Waals surface area contributed by atoms with E-state index >= 15 is 0 Å². The highest BCUT2D eigenvalue weighted by Crippen LogP contribution is 2.42. The van der Waals surface area contributed by atoms with Crippen LogP contribution >= 0.6 is 15.9 Å². The quantitative estimate of drug-likeness (QED) is 0.103. The van der Waals surface area contributed by atoms with Gasteiger partial charge in [-0.05, 0) is 119 Å². The molecule has 1 N–H and O–H groups in total. The van der Waals surface area contributed by atoms with E-state index in [2.05, 4.69) is 60.2 Å². The number of pyridine rings is 1. The first-order chi connectivity index (χ1) is 33.7. The van der Waals surface area contributed by atoms with E-state index in [0.717, 1.165) is 54.2 Å². The van der Waals surface area contributed by atoms with E-state index in [9.17, 15) is 10.1 Å². The summed E-state index contributed by atoms with van der Waals surface area (Å²) in [6.45, 7) is 4.09. The maximum Gasteiger partial charge on any atom is 0.292 e. The van der Waals surface area contributed by atoms with Crippen molar-refractivity contribution in [3.8, 4) is 62.2 Å². The van der Waals surface area contributed by atoms with E-state index in [4.69, 9.17) is 18.6 Å². The van der Waals surface area contributed by atoms with Gasteiger partial charge in [0, 0.05) is 54.4 Å². The van der Waals surface area contributed by atoms with E-state index in [1.165, 1.54) is 11.6 Å². The van der Waals surface area contributed by atoms with E-state index < -0.39 is 11.8 Å². The highest BCUT2D eigenvalue weighted by molar-refractivity contribution is 9.10. The average Bonchev–Trinajstić information content (AvgIpc) is 3.67. The molecule has 2 aromatic heterocycles. The number of benzene rings is 8. The summed E-state index contributed by atoms with van der Waals surface area (Å²) in [5, 5.41) is 17.4. The zero-order valence-corrected chi connectivity index (χ0v) is 38.4. The number of fused-ring (bicyclic) bond motifs is 3. The summed E-state index contributed by atoms with van der Waals surface area (Å²) in [7, 11) is 0. The van der Waals surface area contributed by atoms with Gasteiger partial charge in [0.15, 0.2) is 0 Å². The number of aryl methyl sites for hydroxylation is 1. The van der Waals surface area contributed by atoms with Crippen molar-refractivity contribution in [2.45, 2.75) is 33.0 Å². The molecule has 0 atom stereocenters. The van der Waals surface area contributed by atoms with E-state index in [1.54, 1.807) is 30.5 Å². The topological polar surface area (TPSA) is 91.5 Å². The van der Waals surface area contributed by atoms with Crippen LogP contribution in [0, 0.1) is 17.0 Å². The third-order valence-corrected chi connectivity index (χ3v) is 12.3. The standard InChI is InChI=1S/C58H45BrN4O4/c1-37-32-56(62-53-31-24-41(58(2,3)4)33-50(53)49-30-29-46(35-55(49)62)67-45-15-10-14-42(59)34-45)60-36-51(37)40-22-27-44(28-23-40)66-43-25-20-39(21-26-43)48-17-11-16-47(38-12-6-5-7-13-38)57(48)61-52-18-8-9-19-54(52)63(64)65/h5-36,61H,1-4H3/i1D3.